The summed E-state index contributed by atoms with van der Waals surface area (Å²) in [6, 6.07) is 17.6. The van der Waals surface area contributed by atoms with E-state index in [0.29, 0.717) is 9.54 Å². The summed E-state index contributed by atoms with van der Waals surface area (Å²) in [5, 5.41) is 9.68. The summed E-state index contributed by atoms with van der Waals surface area (Å²) < 4.78 is 27.1. The van der Waals surface area contributed by atoms with E-state index >= 15 is 0 Å². The van der Waals surface area contributed by atoms with Gasteiger partial charge in [0.25, 0.3) is 10.0 Å². The average Bonchev–Trinajstić information content (AvgIpc) is 3.11. The zero-order chi connectivity index (χ0) is 19.9. The Kier molecular flexibility index (Phi) is 5.82. The first-order valence-electron chi connectivity index (χ1n) is 8.08. The second kappa shape index (κ2) is 8.01. The van der Waals surface area contributed by atoms with Crippen LogP contribution in [0, 0.1) is 0 Å². The van der Waals surface area contributed by atoms with Crippen molar-refractivity contribution in [2.75, 3.05) is 0 Å². The summed E-state index contributed by atoms with van der Waals surface area (Å²) in [6.07, 6.45) is 0. The van der Waals surface area contributed by atoms with Gasteiger partial charge in [-0.1, -0.05) is 60.1 Å². The number of nitrogens with zero attached hydrogens (tertiary/aromatic N) is 3. The van der Waals surface area contributed by atoms with Gasteiger partial charge in [0.15, 0.2) is 11.5 Å². The van der Waals surface area contributed by atoms with Crippen molar-refractivity contribution in [1.82, 2.24) is 13.9 Å². The molecule has 0 amide bonds. The molecule has 0 saturated carbocycles. The molecule has 0 atom stereocenters. The van der Waals surface area contributed by atoms with Crippen molar-refractivity contribution in [3.63, 3.8) is 0 Å². The van der Waals surface area contributed by atoms with Gasteiger partial charge in [0.2, 0.25) is 0 Å². The Hall–Kier alpha value is -2.63. The molecule has 4 rings (SSSR count). The van der Waals surface area contributed by atoms with E-state index in [4.69, 9.17) is 11.6 Å². The second-order valence-electron chi connectivity index (χ2n) is 5.86. The van der Waals surface area contributed by atoms with Crippen molar-refractivity contribution >= 4 is 57.5 Å². The summed E-state index contributed by atoms with van der Waals surface area (Å²) in [4.78, 5) is 20.2. The first kappa shape index (κ1) is 21.1. The summed E-state index contributed by atoms with van der Waals surface area (Å²) in [5.41, 5.74) is 0.0494. The molecule has 0 saturated heterocycles. The second-order valence-corrected chi connectivity index (χ2v) is 8.00. The molecule has 2 aromatic heterocycles. The van der Waals surface area contributed by atoms with Gasteiger partial charge in [-0.15, -0.1) is 0 Å². The van der Waals surface area contributed by atoms with Gasteiger partial charge >= 0.3 is 24.8 Å². The molecule has 10 heteroatoms. The summed E-state index contributed by atoms with van der Waals surface area (Å²) in [6.45, 7) is 0. The Morgan fingerprint density at radius 3 is 2.14 bits per heavy atom. The van der Waals surface area contributed by atoms with E-state index in [0.717, 1.165) is 6.07 Å². The fourth-order valence-corrected chi connectivity index (χ4v) is 4.51. The van der Waals surface area contributed by atoms with E-state index in [1.54, 1.807) is 42.5 Å². The number of hydrogen-bond acceptors (Lipinski definition) is 5. The molecule has 7 nitrogen and oxygen atoms in total. The van der Waals surface area contributed by atoms with Crippen LogP contribution in [0.25, 0.3) is 22.4 Å². The Labute approximate surface area is 183 Å². The van der Waals surface area contributed by atoms with Gasteiger partial charge < -0.3 is 5.11 Å². The zero-order valence-corrected chi connectivity index (χ0v) is 15.7. The van der Waals surface area contributed by atoms with Crippen LogP contribution in [0.1, 0.15) is 10.5 Å². The molecule has 2 heterocycles. The van der Waals surface area contributed by atoms with Gasteiger partial charge in [0.05, 0.1) is 10.3 Å². The molecule has 4 aromatic rings. The van der Waals surface area contributed by atoms with Crippen LogP contribution in [0.3, 0.4) is 0 Å². The topological polar surface area (TPSA) is 102 Å². The average molecular weight is 422 g/mol. The zero-order valence-electron chi connectivity index (χ0n) is 14.2. The third-order valence-corrected chi connectivity index (χ3v) is 6.11. The van der Waals surface area contributed by atoms with Crippen LogP contribution >= 0.6 is 11.6 Å². The van der Waals surface area contributed by atoms with Crippen molar-refractivity contribution in [2.24, 2.45) is 0 Å². The maximum atomic E-state index is 13.2. The summed E-state index contributed by atoms with van der Waals surface area (Å²) in [5.74, 6) is -1.23. The van der Waals surface area contributed by atoms with Gasteiger partial charge in [-0.05, 0) is 18.2 Å². The monoisotopic (exact) mass is 421 g/mol. The van der Waals surface area contributed by atoms with Crippen LogP contribution in [-0.4, -0.2) is 52.3 Å². The number of carboxylic acids is 1. The normalized spacial score (nSPS) is 11.2. The van der Waals surface area contributed by atoms with Crippen LogP contribution in [0.5, 0.6) is 0 Å². The van der Waals surface area contributed by atoms with Crippen LogP contribution in [0.4, 0.5) is 0 Å². The third kappa shape index (κ3) is 3.68. The summed E-state index contributed by atoms with van der Waals surface area (Å²) in [7, 11) is -4.23. The molecule has 0 unspecified atom stereocenters. The van der Waals surface area contributed by atoms with Crippen molar-refractivity contribution in [2.45, 2.75) is 4.90 Å². The molecule has 2 aromatic carbocycles. The Bertz CT molecular complexity index is 1310. The fraction of sp³-hybridized carbons (Fsp3) is 0. The first-order valence-corrected chi connectivity index (χ1v) is 9.90. The molecule has 0 aliphatic heterocycles. The molecule has 0 radical (unpaired) electrons. The van der Waals surface area contributed by atoms with E-state index in [-0.39, 0.29) is 45.8 Å². The van der Waals surface area contributed by atoms with Crippen LogP contribution in [0.15, 0.2) is 71.6 Å². The number of hydrogen-bond donors (Lipinski definition) is 1. The molecule has 0 bridgehead atoms. The van der Waals surface area contributed by atoms with Gasteiger partial charge in [-0.25, -0.2) is 27.2 Å². The van der Waals surface area contributed by atoms with Crippen LogP contribution < -0.4 is 0 Å². The number of carbonyl (C=O) groups is 1. The molecule has 0 aliphatic carbocycles. The number of halogens is 1. The molecule has 0 spiro atoms. The number of aromatic nitrogens is 3. The van der Waals surface area contributed by atoms with Gasteiger partial charge in [-0.3, -0.25) is 0 Å². The van der Waals surface area contributed by atoms with E-state index < -0.39 is 21.7 Å². The Morgan fingerprint density at radius 2 is 1.55 bits per heavy atom. The van der Waals surface area contributed by atoms with E-state index in [1.807, 2.05) is 6.07 Å². The van der Waals surface area contributed by atoms with Gasteiger partial charge in [0.1, 0.15) is 10.8 Å². The van der Waals surface area contributed by atoms with Gasteiger partial charge in [0, 0.05) is 5.56 Å². The molecule has 0 aliphatic rings. The predicted octanol–water partition coefficient (Wildman–Crippen LogP) is 3.04. The fourth-order valence-electron chi connectivity index (χ4n) is 2.83. The number of aromatic carboxylic acids is 1. The molecule has 1 N–H and O–H groups in total. The standard InChI is InChI=1S/C19H12ClN3O4S.Li.H/c20-16-14-11-15(19(24)25)23(28(26,27)13-9-5-2-6-10-13)18(14)22-17(21-16)12-7-3-1-4-8-12;;/h1-11H,(H,24,25);;. The molecular weight excluding hydrogens is 409 g/mol. The molecular formula is C19H13ClLiN3O4S. The number of carboxylic acid groups (broad SMARTS) is 1. The minimum atomic E-state index is -4.23. The molecule has 29 heavy (non-hydrogen) atoms. The van der Waals surface area contributed by atoms with E-state index in [2.05, 4.69) is 9.97 Å². The third-order valence-electron chi connectivity index (χ3n) is 4.10. The number of fused-ring (bicyclic) bond motifs is 1. The van der Waals surface area contributed by atoms with E-state index in [1.165, 1.54) is 12.1 Å². The molecule has 142 valence electrons. The summed E-state index contributed by atoms with van der Waals surface area (Å²) >= 11 is 6.25. The quantitative estimate of drug-likeness (QED) is 0.401. The van der Waals surface area contributed by atoms with Crippen molar-refractivity contribution in [3.05, 3.63) is 77.6 Å². The predicted molar refractivity (Wildman–Crippen MR) is 111 cm³/mol. The molecule has 0 fully saturated rings. The van der Waals surface area contributed by atoms with Crippen LogP contribution in [0.2, 0.25) is 5.15 Å². The minimum absolute atomic E-state index is 0. The Morgan fingerprint density at radius 1 is 0.966 bits per heavy atom. The van der Waals surface area contributed by atoms with Gasteiger partial charge in [-0.2, -0.15) is 0 Å². The van der Waals surface area contributed by atoms with Crippen LogP contribution in [-0.2, 0) is 10.0 Å². The number of rotatable bonds is 4. The van der Waals surface area contributed by atoms with Crippen molar-refractivity contribution < 1.29 is 18.3 Å². The SMILES string of the molecule is O=C(O)c1cc2c(Cl)nc(-c3ccccc3)nc2n1S(=O)(=O)c1ccccc1.[LiH]. The Balaban J connectivity index is 0.00000240. The van der Waals surface area contributed by atoms with Crippen molar-refractivity contribution in [3.8, 4) is 11.4 Å². The van der Waals surface area contributed by atoms with Crippen molar-refractivity contribution in [1.29, 1.82) is 0 Å². The first-order chi connectivity index (χ1) is 13.4. The number of benzene rings is 2. The van der Waals surface area contributed by atoms with E-state index in [9.17, 15) is 18.3 Å². The maximum absolute atomic E-state index is 13.2.